The van der Waals surface area contributed by atoms with E-state index in [4.69, 9.17) is 5.73 Å². The highest BCUT2D eigenvalue weighted by Crippen LogP contribution is 2.27. The Morgan fingerprint density at radius 1 is 1.29 bits per heavy atom. The highest BCUT2D eigenvalue weighted by molar-refractivity contribution is 7.89. The lowest BCUT2D eigenvalue weighted by Crippen LogP contribution is -2.47. The van der Waals surface area contributed by atoms with Crippen LogP contribution in [0.1, 0.15) is 34.1 Å². The summed E-state index contributed by atoms with van der Waals surface area (Å²) in [5, 5.41) is 3.31. The van der Waals surface area contributed by atoms with E-state index in [0.29, 0.717) is 18.8 Å². The average molecular weight is 313 g/mol. The van der Waals surface area contributed by atoms with Gasteiger partial charge in [0.15, 0.2) is 0 Å². The molecule has 0 aliphatic heterocycles. The Morgan fingerprint density at radius 2 is 1.90 bits per heavy atom. The van der Waals surface area contributed by atoms with Crippen LogP contribution in [0.15, 0.2) is 29.2 Å². The van der Waals surface area contributed by atoms with Crippen LogP contribution in [0, 0.1) is 5.92 Å². The van der Waals surface area contributed by atoms with Crippen molar-refractivity contribution in [3.05, 3.63) is 24.3 Å². The van der Waals surface area contributed by atoms with Crippen LogP contribution < -0.4 is 15.8 Å². The Balaban J connectivity index is 3.16. The lowest BCUT2D eigenvalue weighted by atomic mass is 9.88. The number of hydrogen-bond acceptors (Lipinski definition) is 4. The smallest absolute Gasteiger partial charge is 0.242 e. The van der Waals surface area contributed by atoms with Gasteiger partial charge in [0.05, 0.1) is 5.69 Å². The van der Waals surface area contributed by atoms with Gasteiger partial charge in [-0.2, -0.15) is 0 Å². The van der Waals surface area contributed by atoms with E-state index >= 15 is 0 Å². The number of benzene rings is 1. The van der Waals surface area contributed by atoms with Gasteiger partial charge in [-0.3, -0.25) is 0 Å². The fourth-order valence-corrected chi connectivity index (χ4v) is 3.15. The van der Waals surface area contributed by atoms with Gasteiger partial charge >= 0.3 is 0 Å². The second kappa shape index (κ2) is 7.24. The van der Waals surface area contributed by atoms with Crippen LogP contribution in [0.2, 0.25) is 0 Å². The van der Waals surface area contributed by atoms with Crippen molar-refractivity contribution in [3.8, 4) is 0 Å². The summed E-state index contributed by atoms with van der Waals surface area (Å²) in [5.74, 6) is 0.266. The number of para-hydroxylation sites is 1. The van der Waals surface area contributed by atoms with Gasteiger partial charge in [-0.05, 0) is 31.4 Å². The zero-order valence-corrected chi connectivity index (χ0v) is 14.1. The predicted octanol–water partition coefficient (Wildman–Crippen LogP) is 2.16. The summed E-state index contributed by atoms with van der Waals surface area (Å²) in [6.45, 7) is 8.90. The van der Waals surface area contributed by atoms with E-state index in [0.717, 1.165) is 6.42 Å². The fraction of sp³-hybridized carbons (Fsp3) is 0.600. The van der Waals surface area contributed by atoms with Gasteiger partial charge in [0, 0.05) is 18.6 Å². The Hall–Kier alpha value is -1.11. The van der Waals surface area contributed by atoms with Crippen molar-refractivity contribution in [2.45, 2.75) is 44.6 Å². The first-order chi connectivity index (χ1) is 9.77. The van der Waals surface area contributed by atoms with Crippen LogP contribution in [0.4, 0.5) is 5.69 Å². The molecule has 0 saturated carbocycles. The summed E-state index contributed by atoms with van der Waals surface area (Å²) >= 11 is 0. The molecule has 0 radical (unpaired) electrons. The van der Waals surface area contributed by atoms with E-state index < -0.39 is 10.0 Å². The molecule has 120 valence electrons. The lowest BCUT2D eigenvalue weighted by Gasteiger charge is -2.35. The van der Waals surface area contributed by atoms with Gasteiger partial charge in [0.2, 0.25) is 10.0 Å². The summed E-state index contributed by atoms with van der Waals surface area (Å²) in [4.78, 5) is 0.263. The van der Waals surface area contributed by atoms with E-state index in [1.165, 1.54) is 0 Å². The minimum absolute atomic E-state index is 0.263. The molecule has 0 aromatic heterocycles. The normalized spacial score (nSPS) is 15.0. The van der Waals surface area contributed by atoms with Crippen molar-refractivity contribution in [3.63, 3.8) is 0 Å². The third-order valence-electron chi connectivity index (χ3n) is 3.84. The first-order valence-electron chi connectivity index (χ1n) is 7.33. The molecule has 1 unspecified atom stereocenters. The quantitative estimate of drug-likeness (QED) is 0.686. The molecule has 0 spiro atoms. The molecule has 1 aromatic rings. The van der Waals surface area contributed by atoms with Crippen molar-refractivity contribution in [2.24, 2.45) is 11.7 Å². The molecule has 4 N–H and O–H groups in total. The SMILES string of the molecule is CCCNS(=O)(=O)c1ccccc1NC(C)(CN)C(C)C. The van der Waals surface area contributed by atoms with Crippen LogP contribution in [0.25, 0.3) is 0 Å². The monoisotopic (exact) mass is 313 g/mol. The van der Waals surface area contributed by atoms with Crippen LogP contribution >= 0.6 is 0 Å². The Labute approximate surface area is 128 Å². The molecule has 0 aliphatic carbocycles. The molecular weight excluding hydrogens is 286 g/mol. The molecule has 1 aromatic carbocycles. The van der Waals surface area contributed by atoms with Gasteiger partial charge < -0.3 is 11.1 Å². The van der Waals surface area contributed by atoms with Crippen molar-refractivity contribution < 1.29 is 8.42 Å². The van der Waals surface area contributed by atoms with Crippen LogP contribution in [0.5, 0.6) is 0 Å². The van der Waals surface area contributed by atoms with Gasteiger partial charge in [-0.1, -0.05) is 32.9 Å². The number of nitrogens with two attached hydrogens (primary N) is 1. The molecular formula is C15H27N3O2S. The molecule has 1 atom stereocenters. The third kappa shape index (κ3) is 4.43. The zero-order chi connectivity index (χ0) is 16.1. The maximum absolute atomic E-state index is 12.4. The second-order valence-corrected chi connectivity index (χ2v) is 7.53. The van der Waals surface area contributed by atoms with Gasteiger partial charge in [-0.25, -0.2) is 13.1 Å². The Bertz CT molecular complexity index is 558. The molecule has 21 heavy (non-hydrogen) atoms. The van der Waals surface area contributed by atoms with Crippen LogP contribution in [-0.4, -0.2) is 27.0 Å². The number of rotatable bonds is 8. The number of nitrogens with one attached hydrogen (secondary N) is 2. The van der Waals surface area contributed by atoms with Crippen molar-refractivity contribution in [1.29, 1.82) is 0 Å². The minimum atomic E-state index is -3.51. The average Bonchev–Trinajstić information content (AvgIpc) is 2.45. The second-order valence-electron chi connectivity index (χ2n) is 5.80. The maximum atomic E-state index is 12.4. The topological polar surface area (TPSA) is 84.2 Å². The van der Waals surface area contributed by atoms with E-state index in [1.54, 1.807) is 18.2 Å². The maximum Gasteiger partial charge on any atom is 0.242 e. The van der Waals surface area contributed by atoms with Crippen molar-refractivity contribution >= 4 is 15.7 Å². The van der Waals surface area contributed by atoms with Gasteiger partial charge in [0.25, 0.3) is 0 Å². The molecule has 1 rings (SSSR count). The summed E-state index contributed by atoms with van der Waals surface area (Å²) in [7, 11) is -3.51. The van der Waals surface area contributed by atoms with Crippen LogP contribution in [-0.2, 0) is 10.0 Å². The largest absolute Gasteiger partial charge is 0.377 e. The predicted molar refractivity (Wildman–Crippen MR) is 87.8 cm³/mol. The summed E-state index contributed by atoms with van der Waals surface area (Å²) in [5.41, 5.74) is 6.09. The van der Waals surface area contributed by atoms with Crippen molar-refractivity contribution in [1.82, 2.24) is 4.72 Å². The van der Waals surface area contributed by atoms with Gasteiger partial charge in [-0.15, -0.1) is 0 Å². The van der Waals surface area contributed by atoms with E-state index in [2.05, 4.69) is 23.9 Å². The summed E-state index contributed by atoms with van der Waals surface area (Å²) in [6, 6.07) is 6.92. The zero-order valence-electron chi connectivity index (χ0n) is 13.3. The first kappa shape index (κ1) is 17.9. The fourth-order valence-electron chi connectivity index (χ4n) is 1.86. The molecule has 0 saturated heterocycles. The Kier molecular flexibility index (Phi) is 6.19. The van der Waals surface area contributed by atoms with E-state index in [9.17, 15) is 8.42 Å². The van der Waals surface area contributed by atoms with E-state index in [-0.39, 0.29) is 16.4 Å². The molecule has 5 nitrogen and oxygen atoms in total. The molecule has 0 bridgehead atoms. The number of sulfonamides is 1. The molecule has 0 amide bonds. The number of anilines is 1. The van der Waals surface area contributed by atoms with Crippen LogP contribution in [0.3, 0.4) is 0 Å². The Morgan fingerprint density at radius 3 is 2.43 bits per heavy atom. The highest BCUT2D eigenvalue weighted by atomic mass is 32.2. The lowest BCUT2D eigenvalue weighted by molar-refractivity contribution is 0.382. The van der Waals surface area contributed by atoms with E-state index in [1.807, 2.05) is 19.9 Å². The summed E-state index contributed by atoms with van der Waals surface area (Å²) < 4.78 is 27.3. The standard InChI is InChI=1S/C15H27N3O2S/c1-5-10-17-21(19,20)14-9-7-6-8-13(14)18-15(4,11-16)12(2)3/h6-9,12,17-18H,5,10-11,16H2,1-4H3. The number of hydrogen-bond donors (Lipinski definition) is 3. The molecule has 0 aliphatic rings. The third-order valence-corrected chi connectivity index (χ3v) is 5.36. The minimum Gasteiger partial charge on any atom is -0.377 e. The molecule has 0 fully saturated rings. The molecule has 6 heteroatoms. The van der Waals surface area contributed by atoms with Crippen molar-refractivity contribution in [2.75, 3.05) is 18.4 Å². The highest BCUT2D eigenvalue weighted by Gasteiger charge is 2.28. The summed E-state index contributed by atoms with van der Waals surface area (Å²) in [6.07, 6.45) is 0.751. The molecule has 0 heterocycles. The first-order valence-corrected chi connectivity index (χ1v) is 8.82. The van der Waals surface area contributed by atoms with Gasteiger partial charge in [0.1, 0.15) is 4.90 Å².